The minimum absolute atomic E-state index is 0.243. The highest BCUT2D eigenvalue weighted by Crippen LogP contribution is 2.27. The molecule has 3 aromatic rings. The van der Waals surface area contributed by atoms with Gasteiger partial charge in [0.1, 0.15) is 5.75 Å². The number of nitrogens with zero attached hydrogens (tertiary/aromatic N) is 1. The summed E-state index contributed by atoms with van der Waals surface area (Å²) in [7, 11) is 1.61. The molecule has 2 aromatic carbocycles. The van der Waals surface area contributed by atoms with Crippen LogP contribution in [0.4, 0.5) is 5.13 Å². The van der Waals surface area contributed by atoms with E-state index in [-0.39, 0.29) is 5.91 Å². The number of rotatable bonds is 6. The van der Waals surface area contributed by atoms with Crippen molar-refractivity contribution in [2.75, 3.05) is 12.4 Å². The molecule has 0 fully saturated rings. The summed E-state index contributed by atoms with van der Waals surface area (Å²) in [4.78, 5) is 17.3. The molecule has 1 N–H and O–H groups in total. The van der Waals surface area contributed by atoms with E-state index in [0.29, 0.717) is 21.6 Å². The zero-order valence-corrected chi connectivity index (χ0v) is 16.7. The molecule has 27 heavy (non-hydrogen) atoms. The molecule has 0 spiro atoms. The average Bonchev–Trinajstić information content (AvgIpc) is 3.10. The predicted octanol–water partition coefficient (Wildman–Crippen LogP) is 5.70. The second kappa shape index (κ2) is 9.04. The Morgan fingerprint density at radius 1 is 1.22 bits per heavy atom. The molecule has 0 aliphatic rings. The van der Waals surface area contributed by atoms with Crippen molar-refractivity contribution in [3.05, 3.63) is 80.8 Å². The van der Waals surface area contributed by atoms with Crippen molar-refractivity contribution >= 4 is 51.7 Å². The number of methoxy groups -OCH3 is 1. The van der Waals surface area contributed by atoms with Gasteiger partial charge in [0, 0.05) is 33.6 Å². The zero-order valence-electron chi connectivity index (χ0n) is 14.4. The summed E-state index contributed by atoms with van der Waals surface area (Å²) in [5.41, 5.74) is 1.83. The Balaban J connectivity index is 1.60. The zero-order chi connectivity index (χ0) is 19.2. The number of carbonyl (C=O) groups excluding carboxylic acids is 1. The van der Waals surface area contributed by atoms with Crippen LogP contribution in [-0.4, -0.2) is 18.0 Å². The molecule has 0 aliphatic carbocycles. The van der Waals surface area contributed by atoms with Gasteiger partial charge in [-0.15, -0.1) is 11.3 Å². The second-order valence-corrected chi connectivity index (χ2v) is 7.60. The van der Waals surface area contributed by atoms with Gasteiger partial charge in [-0.05, 0) is 47.5 Å². The summed E-state index contributed by atoms with van der Waals surface area (Å²) in [6, 6.07) is 12.8. The number of ether oxygens (including phenoxy) is 1. The van der Waals surface area contributed by atoms with Gasteiger partial charge < -0.3 is 4.74 Å². The molecule has 0 saturated carbocycles. The van der Waals surface area contributed by atoms with Crippen LogP contribution in [0.5, 0.6) is 5.75 Å². The third kappa shape index (κ3) is 5.57. The first-order chi connectivity index (χ1) is 13.0. The molecule has 138 valence electrons. The number of hydrogen-bond donors (Lipinski definition) is 1. The monoisotopic (exact) mass is 418 g/mol. The van der Waals surface area contributed by atoms with Crippen LogP contribution >= 0.6 is 34.5 Å². The van der Waals surface area contributed by atoms with Crippen LogP contribution < -0.4 is 10.1 Å². The normalized spacial score (nSPS) is 10.9. The lowest BCUT2D eigenvalue weighted by Gasteiger charge is -2.02. The van der Waals surface area contributed by atoms with Gasteiger partial charge in [0.2, 0.25) is 5.91 Å². The first-order valence-corrected chi connectivity index (χ1v) is 9.62. The van der Waals surface area contributed by atoms with E-state index in [1.54, 1.807) is 31.5 Å². The molecule has 0 atom stereocenters. The summed E-state index contributed by atoms with van der Waals surface area (Å²) in [5.74, 6) is 0.527. The number of nitrogens with one attached hydrogen (secondary N) is 1. The Morgan fingerprint density at radius 3 is 2.74 bits per heavy atom. The number of halogens is 2. The van der Waals surface area contributed by atoms with Crippen molar-refractivity contribution in [1.82, 2.24) is 4.98 Å². The van der Waals surface area contributed by atoms with Gasteiger partial charge in [0.15, 0.2) is 5.13 Å². The standard InChI is InChI=1S/C20H16Cl2N2O2S/c1-26-16-6-2-13(3-7-16)4-9-19(25)24-20-23-12-17(27-20)11-14-10-15(21)5-8-18(14)22/h2-10,12H,11H2,1H3,(H,23,24,25)/b9-4+. The van der Waals surface area contributed by atoms with Crippen LogP contribution in [-0.2, 0) is 11.2 Å². The van der Waals surface area contributed by atoms with Crippen molar-refractivity contribution in [2.24, 2.45) is 0 Å². The summed E-state index contributed by atoms with van der Waals surface area (Å²) >= 11 is 13.6. The molecule has 1 heterocycles. The molecule has 0 unspecified atom stereocenters. The number of aromatic nitrogens is 1. The van der Waals surface area contributed by atoms with Crippen molar-refractivity contribution in [3.63, 3.8) is 0 Å². The van der Waals surface area contributed by atoms with E-state index in [4.69, 9.17) is 27.9 Å². The number of hydrogen-bond acceptors (Lipinski definition) is 4. The molecule has 1 aromatic heterocycles. The van der Waals surface area contributed by atoms with E-state index in [1.807, 2.05) is 30.3 Å². The second-order valence-electron chi connectivity index (χ2n) is 5.64. The van der Waals surface area contributed by atoms with Gasteiger partial charge in [-0.2, -0.15) is 0 Å². The maximum Gasteiger partial charge on any atom is 0.250 e. The maximum absolute atomic E-state index is 12.1. The molecular weight excluding hydrogens is 403 g/mol. The highest BCUT2D eigenvalue weighted by molar-refractivity contribution is 7.15. The third-order valence-corrected chi connectivity index (χ3v) is 5.22. The summed E-state index contributed by atoms with van der Waals surface area (Å²) < 4.78 is 5.11. The first kappa shape index (κ1) is 19.4. The SMILES string of the molecule is COc1ccc(/C=C/C(=O)Nc2ncc(Cc3cc(Cl)ccc3Cl)s2)cc1. The lowest BCUT2D eigenvalue weighted by Crippen LogP contribution is -2.07. The van der Waals surface area contributed by atoms with Crippen LogP contribution in [0.1, 0.15) is 16.0 Å². The van der Waals surface area contributed by atoms with Gasteiger partial charge in [-0.1, -0.05) is 35.3 Å². The molecule has 4 nitrogen and oxygen atoms in total. The molecule has 0 saturated heterocycles. The molecule has 1 amide bonds. The van der Waals surface area contributed by atoms with Crippen LogP contribution in [0.25, 0.3) is 6.08 Å². The third-order valence-electron chi connectivity index (χ3n) is 3.70. The maximum atomic E-state index is 12.1. The van der Waals surface area contributed by atoms with Crippen LogP contribution in [0.15, 0.2) is 54.7 Å². The van der Waals surface area contributed by atoms with Crippen LogP contribution in [0.2, 0.25) is 10.0 Å². The van der Waals surface area contributed by atoms with Gasteiger partial charge in [-0.3, -0.25) is 10.1 Å². The minimum Gasteiger partial charge on any atom is -0.497 e. The van der Waals surface area contributed by atoms with Gasteiger partial charge in [-0.25, -0.2) is 4.98 Å². The molecule has 0 bridgehead atoms. The van der Waals surface area contributed by atoms with Crippen molar-refractivity contribution in [2.45, 2.75) is 6.42 Å². The number of benzene rings is 2. The predicted molar refractivity (Wildman–Crippen MR) is 112 cm³/mol. The highest BCUT2D eigenvalue weighted by Gasteiger charge is 2.08. The fourth-order valence-corrected chi connectivity index (χ4v) is 3.57. The quantitative estimate of drug-likeness (QED) is 0.522. The molecular formula is C20H16Cl2N2O2S. The Labute approximate surface area is 171 Å². The largest absolute Gasteiger partial charge is 0.497 e. The van der Waals surface area contributed by atoms with Gasteiger partial charge >= 0.3 is 0 Å². The fourth-order valence-electron chi connectivity index (χ4n) is 2.35. The van der Waals surface area contributed by atoms with Gasteiger partial charge in [0.25, 0.3) is 0 Å². The van der Waals surface area contributed by atoms with Crippen molar-refractivity contribution in [3.8, 4) is 5.75 Å². The molecule has 3 rings (SSSR count). The van der Waals surface area contributed by atoms with E-state index in [9.17, 15) is 4.79 Å². The van der Waals surface area contributed by atoms with Crippen LogP contribution in [0.3, 0.4) is 0 Å². The van der Waals surface area contributed by atoms with Crippen LogP contribution in [0, 0.1) is 0 Å². The average molecular weight is 419 g/mol. The van der Waals surface area contributed by atoms with E-state index in [0.717, 1.165) is 21.8 Å². The Kier molecular flexibility index (Phi) is 6.50. The highest BCUT2D eigenvalue weighted by atomic mass is 35.5. The number of anilines is 1. The smallest absolute Gasteiger partial charge is 0.250 e. The summed E-state index contributed by atoms with van der Waals surface area (Å²) in [5, 5.41) is 4.59. The van der Waals surface area contributed by atoms with E-state index in [1.165, 1.54) is 17.4 Å². The molecule has 7 heteroatoms. The van der Waals surface area contributed by atoms with Crippen molar-refractivity contribution in [1.29, 1.82) is 0 Å². The Hall–Kier alpha value is -2.34. The Bertz CT molecular complexity index is 968. The topological polar surface area (TPSA) is 51.2 Å². The summed E-state index contributed by atoms with van der Waals surface area (Å²) in [6.07, 6.45) is 5.53. The minimum atomic E-state index is -0.243. The lowest BCUT2D eigenvalue weighted by molar-refractivity contribution is -0.111. The Morgan fingerprint density at radius 2 is 2.00 bits per heavy atom. The lowest BCUT2D eigenvalue weighted by atomic mass is 10.1. The summed E-state index contributed by atoms with van der Waals surface area (Å²) in [6.45, 7) is 0. The number of thiazole rings is 1. The van der Waals surface area contributed by atoms with Gasteiger partial charge in [0.05, 0.1) is 7.11 Å². The van der Waals surface area contributed by atoms with E-state index >= 15 is 0 Å². The molecule has 0 aliphatic heterocycles. The fraction of sp³-hybridized carbons (Fsp3) is 0.100. The van der Waals surface area contributed by atoms with Crippen molar-refractivity contribution < 1.29 is 9.53 Å². The van der Waals surface area contributed by atoms with E-state index in [2.05, 4.69) is 10.3 Å². The van der Waals surface area contributed by atoms with E-state index < -0.39 is 0 Å². The number of carbonyl (C=O) groups is 1. The first-order valence-electron chi connectivity index (χ1n) is 8.05. The molecule has 0 radical (unpaired) electrons. The number of amides is 1.